The first kappa shape index (κ1) is 28.7. The van der Waals surface area contributed by atoms with E-state index in [9.17, 15) is 0 Å². The molecular weight excluding hydrogens is 661 g/mol. The molecule has 5 heteroatoms. The van der Waals surface area contributed by atoms with Gasteiger partial charge in [0.15, 0.2) is 5.58 Å². The number of rotatable bonds is 4. The second kappa shape index (κ2) is 11.2. The van der Waals surface area contributed by atoms with Gasteiger partial charge in [-0.2, -0.15) is 0 Å². The van der Waals surface area contributed by atoms with E-state index in [0.29, 0.717) is 5.58 Å². The van der Waals surface area contributed by atoms with Crippen LogP contribution >= 0.6 is 22.7 Å². The van der Waals surface area contributed by atoms with Crippen molar-refractivity contribution in [2.24, 2.45) is 0 Å². The van der Waals surface area contributed by atoms with Crippen LogP contribution in [0.2, 0.25) is 0 Å². The molecule has 0 fully saturated rings. The van der Waals surface area contributed by atoms with Gasteiger partial charge in [-0.15, -0.1) is 22.7 Å². The molecule has 0 radical (unpaired) electrons. The van der Waals surface area contributed by atoms with E-state index in [1.54, 1.807) is 6.33 Å². The first-order valence-corrected chi connectivity index (χ1v) is 18.6. The number of aromatic nitrogens is 2. The highest BCUT2D eigenvalue weighted by Crippen LogP contribution is 2.40. The molecule has 0 aliphatic carbocycles. The van der Waals surface area contributed by atoms with E-state index in [0.717, 1.165) is 44.4 Å². The molecule has 0 aliphatic rings. The fourth-order valence-electron chi connectivity index (χ4n) is 7.50. The molecular formula is C46H26N2OS2. The fraction of sp³-hybridized carbons (Fsp3) is 0. The van der Waals surface area contributed by atoms with E-state index >= 15 is 0 Å². The lowest BCUT2D eigenvalue weighted by Gasteiger charge is -2.07. The van der Waals surface area contributed by atoms with Gasteiger partial charge in [-0.25, -0.2) is 9.97 Å². The minimum Gasteiger partial charge on any atom is -0.452 e. The Bertz CT molecular complexity index is 3170. The summed E-state index contributed by atoms with van der Waals surface area (Å²) in [4.78, 5) is 9.49. The van der Waals surface area contributed by atoms with E-state index in [-0.39, 0.29) is 0 Å². The minimum atomic E-state index is 0.700. The standard InChI is InChI=1S/C46H26N2OS2/c1-3-13-40-34(11-1)36-23-31(16-19-42(36)50-40)28-8-5-7-27(21-28)30-15-18-39-38(25-30)45-46(49-39)44(47-26-48-45)33-10-6-9-29(22-33)32-17-20-43-37(24-32)35-12-2-4-14-41(35)51-43/h1-26H. The molecule has 0 saturated carbocycles. The zero-order valence-electron chi connectivity index (χ0n) is 27.1. The van der Waals surface area contributed by atoms with Gasteiger partial charge in [0, 0.05) is 51.3 Å². The summed E-state index contributed by atoms with van der Waals surface area (Å²) in [6.07, 6.45) is 1.65. The normalized spacial score (nSPS) is 11.9. The third-order valence-electron chi connectivity index (χ3n) is 10.0. The first-order chi connectivity index (χ1) is 25.2. The second-order valence-electron chi connectivity index (χ2n) is 13.0. The number of furan rings is 1. The van der Waals surface area contributed by atoms with Gasteiger partial charge < -0.3 is 4.42 Å². The van der Waals surface area contributed by atoms with Gasteiger partial charge in [-0.1, -0.05) is 91.0 Å². The molecule has 11 aromatic rings. The molecule has 238 valence electrons. The van der Waals surface area contributed by atoms with Gasteiger partial charge in [0.1, 0.15) is 23.1 Å². The van der Waals surface area contributed by atoms with Gasteiger partial charge in [0.05, 0.1) is 0 Å². The predicted octanol–water partition coefficient (Wildman–Crippen LogP) is 13.8. The van der Waals surface area contributed by atoms with Gasteiger partial charge in [-0.3, -0.25) is 0 Å². The Morgan fingerprint density at radius 1 is 0.373 bits per heavy atom. The maximum atomic E-state index is 6.51. The molecule has 0 saturated heterocycles. The highest BCUT2D eigenvalue weighted by atomic mass is 32.1. The van der Waals surface area contributed by atoms with Crippen LogP contribution in [0, 0.1) is 0 Å². The topological polar surface area (TPSA) is 38.9 Å². The number of thiophene rings is 2. The Hall–Kier alpha value is -6.14. The first-order valence-electron chi connectivity index (χ1n) is 16.9. The zero-order valence-corrected chi connectivity index (χ0v) is 28.8. The lowest BCUT2D eigenvalue weighted by atomic mass is 9.97. The van der Waals surface area contributed by atoms with Crippen molar-refractivity contribution in [3.8, 4) is 44.6 Å². The van der Waals surface area contributed by atoms with Crippen LogP contribution in [0.4, 0.5) is 0 Å². The van der Waals surface area contributed by atoms with Gasteiger partial charge in [0.25, 0.3) is 0 Å². The van der Waals surface area contributed by atoms with Gasteiger partial charge >= 0.3 is 0 Å². The summed E-state index contributed by atoms with van der Waals surface area (Å²) < 4.78 is 11.8. The van der Waals surface area contributed by atoms with Crippen molar-refractivity contribution in [2.75, 3.05) is 0 Å². The largest absolute Gasteiger partial charge is 0.452 e. The zero-order chi connectivity index (χ0) is 33.5. The Morgan fingerprint density at radius 2 is 0.863 bits per heavy atom. The summed E-state index contributed by atoms with van der Waals surface area (Å²) in [6, 6.07) is 54.6. The van der Waals surface area contributed by atoms with Crippen LogP contribution in [0.1, 0.15) is 0 Å². The van der Waals surface area contributed by atoms with Crippen LogP contribution in [-0.2, 0) is 0 Å². The van der Waals surface area contributed by atoms with Crippen LogP contribution < -0.4 is 0 Å². The quantitative estimate of drug-likeness (QED) is 0.185. The fourth-order valence-corrected chi connectivity index (χ4v) is 9.67. The number of hydrogen-bond acceptors (Lipinski definition) is 5. The molecule has 0 aliphatic heterocycles. The molecule has 4 heterocycles. The molecule has 0 unspecified atom stereocenters. The Morgan fingerprint density at radius 3 is 1.49 bits per heavy atom. The third kappa shape index (κ3) is 4.63. The summed E-state index contributed by atoms with van der Waals surface area (Å²) in [6.45, 7) is 0. The van der Waals surface area contributed by atoms with Crippen LogP contribution in [-0.4, -0.2) is 9.97 Å². The Kier molecular flexibility index (Phi) is 6.29. The second-order valence-corrected chi connectivity index (χ2v) is 15.2. The van der Waals surface area contributed by atoms with Crippen LogP contribution in [0.15, 0.2) is 162 Å². The van der Waals surface area contributed by atoms with Gasteiger partial charge in [0.2, 0.25) is 0 Å². The van der Waals surface area contributed by atoms with E-state index in [1.165, 1.54) is 57.0 Å². The van der Waals surface area contributed by atoms with E-state index in [1.807, 2.05) is 22.7 Å². The van der Waals surface area contributed by atoms with Crippen molar-refractivity contribution in [1.29, 1.82) is 0 Å². The van der Waals surface area contributed by atoms with Crippen molar-refractivity contribution >= 4 is 85.1 Å². The monoisotopic (exact) mass is 686 g/mol. The van der Waals surface area contributed by atoms with Crippen LogP contribution in [0.5, 0.6) is 0 Å². The summed E-state index contributed by atoms with van der Waals surface area (Å²) >= 11 is 3.69. The SMILES string of the molecule is c1cc(-c2ccc3sc4ccccc4c3c2)cc(-c2ccc3oc4c(-c5cccc(-c6ccc7sc8ccccc8c7c6)c5)ncnc4c3c2)c1. The molecule has 3 nitrogen and oxygen atoms in total. The summed E-state index contributed by atoms with van der Waals surface area (Å²) in [5, 5.41) is 6.19. The van der Waals surface area contributed by atoms with Crippen LogP contribution in [0.3, 0.4) is 0 Å². The predicted molar refractivity (Wildman–Crippen MR) is 217 cm³/mol. The average Bonchev–Trinajstić information content (AvgIpc) is 3.88. The molecule has 11 rings (SSSR count). The lowest BCUT2D eigenvalue weighted by Crippen LogP contribution is -1.88. The van der Waals surface area contributed by atoms with Crippen molar-refractivity contribution in [3.05, 3.63) is 158 Å². The van der Waals surface area contributed by atoms with E-state index in [4.69, 9.17) is 14.4 Å². The maximum absolute atomic E-state index is 6.51. The van der Waals surface area contributed by atoms with E-state index < -0.39 is 0 Å². The molecule has 0 bridgehead atoms. The number of benzene rings is 7. The summed E-state index contributed by atoms with van der Waals surface area (Å²) in [7, 11) is 0. The molecule has 0 atom stereocenters. The van der Waals surface area contributed by atoms with Crippen molar-refractivity contribution in [2.45, 2.75) is 0 Å². The molecule has 7 aromatic carbocycles. The summed E-state index contributed by atoms with van der Waals surface area (Å²) in [5.41, 5.74) is 11.1. The molecule has 0 N–H and O–H groups in total. The molecule has 4 aromatic heterocycles. The highest BCUT2D eigenvalue weighted by molar-refractivity contribution is 7.26. The highest BCUT2D eigenvalue weighted by Gasteiger charge is 2.17. The van der Waals surface area contributed by atoms with Crippen molar-refractivity contribution < 1.29 is 4.42 Å². The van der Waals surface area contributed by atoms with Crippen LogP contribution in [0.25, 0.3) is 107 Å². The lowest BCUT2D eigenvalue weighted by molar-refractivity contribution is 0.667. The smallest absolute Gasteiger partial charge is 0.180 e. The average molecular weight is 687 g/mol. The maximum Gasteiger partial charge on any atom is 0.180 e. The minimum absolute atomic E-state index is 0.700. The summed E-state index contributed by atoms with van der Waals surface area (Å²) in [5.74, 6) is 0. The Balaban J connectivity index is 0.975. The van der Waals surface area contributed by atoms with Gasteiger partial charge in [-0.05, 0) is 94.0 Å². The molecule has 0 amide bonds. The number of hydrogen-bond donors (Lipinski definition) is 0. The van der Waals surface area contributed by atoms with E-state index in [2.05, 4.69) is 152 Å². The number of nitrogens with zero attached hydrogens (tertiary/aromatic N) is 2. The molecule has 0 spiro atoms. The Labute approximate surface area is 300 Å². The van der Waals surface area contributed by atoms with Crippen molar-refractivity contribution in [1.82, 2.24) is 9.97 Å². The molecule has 51 heavy (non-hydrogen) atoms. The third-order valence-corrected chi connectivity index (χ3v) is 12.3. The number of fused-ring (bicyclic) bond motifs is 9. The van der Waals surface area contributed by atoms with Crippen molar-refractivity contribution in [3.63, 3.8) is 0 Å².